The number of hydrogen-bond acceptors (Lipinski definition) is 1. The Morgan fingerprint density at radius 2 is 1.20 bits per heavy atom. The van der Waals surface area contributed by atoms with E-state index in [0.717, 1.165) is 31.1 Å². The molecule has 0 spiro atoms. The minimum Gasteiger partial charge on any atom is -0.378 e. The van der Waals surface area contributed by atoms with Crippen molar-refractivity contribution in [2.24, 2.45) is 11.8 Å². The zero-order chi connectivity index (χ0) is 29.1. The highest BCUT2D eigenvalue weighted by molar-refractivity contribution is 4.88. The van der Waals surface area contributed by atoms with Crippen LogP contribution in [0.2, 0.25) is 0 Å². The standard InChI is InChI=1S/C10H19N.C8H16.2C5H10.3C2H6/c1-5-6-7-8-9-11(4)10(2)3;1-7-3-5-8(2)6-4-7;1-4-5(2)3;1-3-5-4-2;3*1-2/h5,8-10H,1,6-7H2,2-4H3;7-8H,3-6H2,1-2H3;4H,1-3H3;3,5H,4H2,1-2H3;3*1-2H3/b9-8+;;;5-3+;;;. The van der Waals surface area contributed by atoms with Gasteiger partial charge in [0.2, 0.25) is 0 Å². The maximum atomic E-state index is 3.66. The van der Waals surface area contributed by atoms with Crippen molar-refractivity contribution in [1.82, 2.24) is 4.90 Å². The summed E-state index contributed by atoms with van der Waals surface area (Å²) in [4.78, 5) is 2.20. The molecular formula is C34H73N. The Kier molecular flexibility index (Phi) is 62.0. The second-order valence-corrected chi connectivity index (χ2v) is 8.72. The first-order valence-corrected chi connectivity index (χ1v) is 14.9. The summed E-state index contributed by atoms with van der Waals surface area (Å²) in [5, 5.41) is 0. The first-order chi connectivity index (χ1) is 16.7. The van der Waals surface area contributed by atoms with E-state index in [0.29, 0.717) is 6.04 Å². The van der Waals surface area contributed by atoms with Gasteiger partial charge in [-0.2, -0.15) is 0 Å². The highest BCUT2D eigenvalue weighted by Gasteiger charge is 2.13. The number of unbranched alkanes of at least 4 members (excludes halogenated alkanes) is 1. The van der Waals surface area contributed by atoms with Crippen LogP contribution in [0.5, 0.6) is 0 Å². The van der Waals surface area contributed by atoms with Crippen molar-refractivity contribution in [1.29, 1.82) is 0 Å². The van der Waals surface area contributed by atoms with Crippen molar-refractivity contribution >= 4 is 0 Å². The third kappa shape index (κ3) is 59.8. The van der Waals surface area contributed by atoms with Gasteiger partial charge in [-0.05, 0) is 78.8 Å². The molecule has 214 valence electrons. The van der Waals surface area contributed by atoms with Gasteiger partial charge in [0.15, 0.2) is 0 Å². The van der Waals surface area contributed by atoms with Crippen molar-refractivity contribution in [3.8, 4) is 0 Å². The van der Waals surface area contributed by atoms with E-state index in [1.807, 2.05) is 61.5 Å². The van der Waals surface area contributed by atoms with Gasteiger partial charge in [-0.15, -0.1) is 6.58 Å². The van der Waals surface area contributed by atoms with Gasteiger partial charge in [0, 0.05) is 13.1 Å². The van der Waals surface area contributed by atoms with E-state index in [-0.39, 0.29) is 0 Å². The molecule has 1 rings (SSSR count). The van der Waals surface area contributed by atoms with Crippen LogP contribution in [0, 0.1) is 11.8 Å². The van der Waals surface area contributed by atoms with E-state index < -0.39 is 0 Å². The summed E-state index contributed by atoms with van der Waals surface area (Å²) >= 11 is 0. The second-order valence-electron chi connectivity index (χ2n) is 8.72. The van der Waals surface area contributed by atoms with Crippen molar-refractivity contribution in [2.45, 2.75) is 155 Å². The van der Waals surface area contributed by atoms with Crippen LogP contribution in [0.4, 0.5) is 0 Å². The molecule has 1 aliphatic rings. The zero-order valence-corrected chi connectivity index (χ0v) is 27.8. The fourth-order valence-electron chi connectivity index (χ4n) is 2.29. The highest BCUT2D eigenvalue weighted by Crippen LogP contribution is 2.27. The average Bonchev–Trinajstić information content (AvgIpc) is 2.88. The molecule has 0 aromatic rings. The van der Waals surface area contributed by atoms with Crippen LogP contribution in [0.3, 0.4) is 0 Å². The Balaban J connectivity index is -0.0000000776. The molecular weight excluding hydrogens is 422 g/mol. The molecule has 0 heterocycles. The monoisotopic (exact) mass is 496 g/mol. The number of nitrogens with zero attached hydrogens (tertiary/aromatic N) is 1. The molecule has 0 amide bonds. The Morgan fingerprint density at radius 1 is 0.829 bits per heavy atom. The van der Waals surface area contributed by atoms with Gasteiger partial charge in [0.25, 0.3) is 0 Å². The van der Waals surface area contributed by atoms with Gasteiger partial charge in [-0.3, -0.25) is 0 Å². The molecule has 1 saturated carbocycles. The van der Waals surface area contributed by atoms with Crippen molar-refractivity contribution in [3.05, 3.63) is 48.7 Å². The fraction of sp³-hybridized carbons (Fsp3) is 0.765. The summed E-state index contributed by atoms with van der Waals surface area (Å²) in [6.45, 7) is 35.1. The van der Waals surface area contributed by atoms with Gasteiger partial charge >= 0.3 is 0 Å². The predicted molar refractivity (Wildman–Crippen MR) is 173 cm³/mol. The molecule has 0 aromatic carbocycles. The van der Waals surface area contributed by atoms with E-state index in [1.165, 1.54) is 31.3 Å². The second kappa shape index (κ2) is 46.1. The molecule has 0 unspecified atom stereocenters. The first-order valence-electron chi connectivity index (χ1n) is 14.9. The topological polar surface area (TPSA) is 3.24 Å². The van der Waals surface area contributed by atoms with Gasteiger partial charge < -0.3 is 4.90 Å². The lowest BCUT2D eigenvalue weighted by molar-refractivity contribution is 0.308. The van der Waals surface area contributed by atoms with Crippen LogP contribution in [-0.2, 0) is 0 Å². The molecule has 1 heteroatoms. The van der Waals surface area contributed by atoms with Crippen molar-refractivity contribution < 1.29 is 0 Å². The van der Waals surface area contributed by atoms with E-state index >= 15 is 0 Å². The van der Waals surface area contributed by atoms with Crippen LogP contribution in [0.1, 0.15) is 149 Å². The number of allylic oxidation sites excluding steroid dienone is 6. The Morgan fingerprint density at radius 3 is 1.40 bits per heavy atom. The summed E-state index contributed by atoms with van der Waals surface area (Å²) in [5.74, 6) is 2.04. The average molecular weight is 496 g/mol. The molecule has 0 bridgehead atoms. The molecule has 1 fully saturated rings. The molecule has 1 nitrogen and oxygen atoms in total. The Bertz CT molecular complexity index is 392. The predicted octanol–water partition coefficient (Wildman–Crippen LogP) is 12.7. The summed E-state index contributed by atoms with van der Waals surface area (Å²) in [5.41, 5.74) is 1.38. The summed E-state index contributed by atoms with van der Waals surface area (Å²) in [6, 6.07) is 0.593. The molecule has 0 atom stereocenters. The third-order valence-corrected chi connectivity index (χ3v) is 5.05. The largest absolute Gasteiger partial charge is 0.378 e. The molecule has 0 radical (unpaired) electrons. The van der Waals surface area contributed by atoms with E-state index in [1.54, 1.807) is 0 Å². The molecule has 0 aromatic heterocycles. The molecule has 0 N–H and O–H groups in total. The maximum Gasteiger partial charge on any atom is 0.0224 e. The lowest BCUT2D eigenvalue weighted by atomic mass is 9.84. The normalized spacial score (nSPS) is 15.5. The van der Waals surface area contributed by atoms with E-state index in [2.05, 4.69) is 97.5 Å². The molecule has 0 saturated heterocycles. The quantitative estimate of drug-likeness (QED) is 0.261. The van der Waals surface area contributed by atoms with E-state index in [9.17, 15) is 0 Å². The van der Waals surface area contributed by atoms with Gasteiger partial charge in [-0.1, -0.05) is 124 Å². The van der Waals surface area contributed by atoms with E-state index in [4.69, 9.17) is 0 Å². The van der Waals surface area contributed by atoms with Crippen LogP contribution < -0.4 is 0 Å². The fourth-order valence-corrected chi connectivity index (χ4v) is 2.29. The molecule has 1 aliphatic carbocycles. The van der Waals surface area contributed by atoms with Gasteiger partial charge in [-0.25, -0.2) is 0 Å². The summed E-state index contributed by atoms with van der Waals surface area (Å²) < 4.78 is 0. The number of rotatable bonds is 6. The first kappa shape index (κ1) is 47.0. The zero-order valence-electron chi connectivity index (χ0n) is 27.8. The van der Waals surface area contributed by atoms with Crippen LogP contribution in [0.25, 0.3) is 0 Å². The lowest BCUT2D eigenvalue weighted by Gasteiger charge is -2.22. The smallest absolute Gasteiger partial charge is 0.0224 e. The minimum atomic E-state index is 0.593. The van der Waals surface area contributed by atoms with Crippen LogP contribution in [0.15, 0.2) is 48.7 Å². The molecule has 0 aliphatic heterocycles. The molecule has 35 heavy (non-hydrogen) atoms. The minimum absolute atomic E-state index is 0.593. The van der Waals surface area contributed by atoms with Gasteiger partial charge in [0.1, 0.15) is 0 Å². The van der Waals surface area contributed by atoms with Crippen LogP contribution >= 0.6 is 0 Å². The Hall–Kier alpha value is -1.24. The summed E-state index contributed by atoms with van der Waals surface area (Å²) in [6.07, 6.45) is 21.7. The van der Waals surface area contributed by atoms with Gasteiger partial charge in [0.05, 0.1) is 0 Å². The van der Waals surface area contributed by atoms with Crippen molar-refractivity contribution in [3.63, 3.8) is 0 Å². The van der Waals surface area contributed by atoms with Crippen LogP contribution in [-0.4, -0.2) is 18.0 Å². The SMILES string of the molecule is C/C=C/CC.C=CCC/C=C/N(C)C(C)C.CC.CC.CC.CC1CCC(C)CC1.CC=C(C)C. The Labute approximate surface area is 227 Å². The third-order valence-electron chi connectivity index (χ3n) is 5.05. The highest BCUT2D eigenvalue weighted by atomic mass is 15.1. The maximum absolute atomic E-state index is 3.66. The van der Waals surface area contributed by atoms with Crippen molar-refractivity contribution in [2.75, 3.05) is 7.05 Å². The summed E-state index contributed by atoms with van der Waals surface area (Å²) in [7, 11) is 2.09. The number of hydrogen-bond donors (Lipinski definition) is 0. The lowest BCUT2D eigenvalue weighted by Crippen LogP contribution is -2.19.